The van der Waals surface area contributed by atoms with Gasteiger partial charge in [0.15, 0.2) is 5.65 Å². The number of benzene rings is 2. The number of aromatic nitrogens is 2. The van der Waals surface area contributed by atoms with E-state index in [0.717, 1.165) is 8.45 Å². The van der Waals surface area contributed by atoms with Crippen LogP contribution in [-0.2, 0) is 14.8 Å². The summed E-state index contributed by atoms with van der Waals surface area (Å²) in [6.07, 6.45) is 2.85. The number of ether oxygens (including phenoxy) is 2. The lowest BCUT2D eigenvalue weighted by Crippen LogP contribution is -2.12. The Kier molecular flexibility index (Phi) is 5.31. The molecule has 0 N–H and O–H groups in total. The van der Waals surface area contributed by atoms with Crippen LogP contribution in [0.5, 0.6) is 11.5 Å². The lowest BCUT2D eigenvalue weighted by molar-refractivity contribution is 0.0598. The van der Waals surface area contributed by atoms with Crippen molar-refractivity contribution in [2.75, 3.05) is 7.11 Å². The Bertz CT molecular complexity index is 1350. The molecule has 0 aliphatic rings. The van der Waals surface area contributed by atoms with Crippen LogP contribution in [0.1, 0.15) is 10.4 Å². The molecule has 7 nitrogen and oxygen atoms in total. The molecule has 0 fully saturated rings. The zero-order valence-electron chi connectivity index (χ0n) is 15.7. The molecular weight excluding hydrogens is 472 g/mol. The number of hydrogen-bond donors (Lipinski definition) is 0. The van der Waals surface area contributed by atoms with Crippen LogP contribution in [0.4, 0.5) is 0 Å². The maximum Gasteiger partial charge on any atom is 0.341 e. The number of carbonyl (C=O) groups is 1. The first-order chi connectivity index (χ1) is 14.4. The van der Waals surface area contributed by atoms with Crippen molar-refractivity contribution in [2.24, 2.45) is 0 Å². The van der Waals surface area contributed by atoms with E-state index in [1.165, 1.54) is 31.6 Å². The minimum absolute atomic E-state index is 0.168. The Morgan fingerprint density at radius 3 is 2.57 bits per heavy atom. The van der Waals surface area contributed by atoms with Gasteiger partial charge in [-0.05, 0) is 42.5 Å². The smallest absolute Gasteiger partial charge is 0.341 e. The van der Waals surface area contributed by atoms with Gasteiger partial charge in [0.1, 0.15) is 17.1 Å². The Morgan fingerprint density at radius 1 is 1.07 bits per heavy atom. The predicted octanol–water partition coefficient (Wildman–Crippen LogP) is 4.61. The van der Waals surface area contributed by atoms with E-state index >= 15 is 0 Å². The Morgan fingerprint density at radius 2 is 1.83 bits per heavy atom. The fourth-order valence-electron chi connectivity index (χ4n) is 2.92. The summed E-state index contributed by atoms with van der Waals surface area (Å²) >= 11 is 3.35. The van der Waals surface area contributed by atoms with Crippen molar-refractivity contribution < 1.29 is 22.7 Å². The second kappa shape index (κ2) is 7.92. The van der Waals surface area contributed by atoms with Gasteiger partial charge in [-0.2, -0.15) is 0 Å². The highest BCUT2D eigenvalue weighted by atomic mass is 79.9. The second-order valence-corrected chi connectivity index (χ2v) is 8.98. The monoisotopic (exact) mass is 486 g/mol. The molecule has 9 heteroatoms. The van der Waals surface area contributed by atoms with Crippen LogP contribution < -0.4 is 4.74 Å². The molecule has 2 heterocycles. The molecule has 0 amide bonds. The molecule has 0 spiro atoms. The topological polar surface area (TPSA) is 87.5 Å². The third kappa shape index (κ3) is 3.69. The third-order valence-electron chi connectivity index (χ3n) is 4.35. The predicted molar refractivity (Wildman–Crippen MR) is 114 cm³/mol. The van der Waals surface area contributed by atoms with Gasteiger partial charge in [-0.3, -0.25) is 0 Å². The number of halogens is 1. The van der Waals surface area contributed by atoms with Gasteiger partial charge in [0, 0.05) is 16.1 Å². The van der Waals surface area contributed by atoms with Crippen LogP contribution >= 0.6 is 15.9 Å². The summed E-state index contributed by atoms with van der Waals surface area (Å²) in [6, 6.07) is 16.3. The molecule has 0 saturated carbocycles. The number of hydrogen-bond acceptors (Lipinski definition) is 6. The minimum atomic E-state index is -3.77. The zero-order valence-corrected chi connectivity index (χ0v) is 18.1. The van der Waals surface area contributed by atoms with Crippen LogP contribution in [0.3, 0.4) is 0 Å². The van der Waals surface area contributed by atoms with E-state index in [1.54, 1.807) is 48.5 Å². The second-order valence-electron chi connectivity index (χ2n) is 6.25. The normalized spacial score (nSPS) is 11.4. The highest BCUT2D eigenvalue weighted by molar-refractivity contribution is 9.10. The molecule has 4 aromatic rings. The largest absolute Gasteiger partial charge is 0.465 e. The summed E-state index contributed by atoms with van der Waals surface area (Å²) in [7, 11) is -2.49. The van der Waals surface area contributed by atoms with E-state index in [-0.39, 0.29) is 21.9 Å². The van der Waals surface area contributed by atoms with Gasteiger partial charge in [-0.25, -0.2) is 22.2 Å². The number of nitrogens with zero attached hydrogens (tertiary/aromatic N) is 2. The van der Waals surface area contributed by atoms with Crippen molar-refractivity contribution in [1.29, 1.82) is 0 Å². The number of methoxy groups -OCH3 is 1. The van der Waals surface area contributed by atoms with Crippen LogP contribution in [0, 0.1) is 0 Å². The molecule has 0 atom stereocenters. The molecule has 0 radical (unpaired) electrons. The van der Waals surface area contributed by atoms with E-state index in [0.29, 0.717) is 11.1 Å². The fourth-order valence-corrected chi connectivity index (χ4v) is 4.59. The van der Waals surface area contributed by atoms with Crippen molar-refractivity contribution in [1.82, 2.24) is 8.96 Å². The molecule has 0 unspecified atom stereocenters. The van der Waals surface area contributed by atoms with Gasteiger partial charge in [0.05, 0.1) is 18.2 Å². The van der Waals surface area contributed by atoms with E-state index in [2.05, 4.69) is 20.9 Å². The van der Waals surface area contributed by atoms with Gasteiger partial charge < -0.3 is 9.47 Å². The molecule has 2 aromatic heterocycles. The number of rotatable bonds is 5. The maximum atomic E-state index is 12.9. The van der Waals surface area contributed by atoms with Crippen LogP contribution in [0.15, 0.2) is 82.4 Å². The minimum Gasteiger partial charge on any atom is -0.465 e. The lowest BCUT2D eigenvalue weighted by Gasteiger charge is -2.11. The number of pyridine rings is 1. The molecule has 0 aliphatic carbocycles. The maximum absolute atomic E-state index is 12.9. The Labute approximate surface area is 181 Å². The molecule has 0 bridgehead atoms. The molecule has 30 heavy (non-hydrogen) atoms. The Hall–Kier alpha value is -3.17. The quantitative estimate of drug-likeness (QED) is 0.382. The van der Waals surface area contributed by atoms with Gasteiger partial charge in [0.2, 0.25) is 0 Å². The molecule has 0 saturated heterocycles. The Balaban J connectivity index is 1.72. The highest BCUT2D eigenvalue weighted by Gasteiger charge is 2.20. The van der Waals surface area contributed by atoms with Gasteiger partial charge >= 0.3 is 5.97 Å². The summed E-state index contributed by atoms with van der Waals surface area (Å²) in [6.45, 7) is 0. The van der Waals surface area contributed by atoms with Gasteiger partial charge in [-0.1, -0.05) is 34.1 Å². The number of fused-ring (bicyclic) bond motifs is 1. The third-order valence-corrected chi connectivity index (χ3v) is 6.52. The van der Waals surface area contributed by atoms with Gasteiger partial charge in [-0.15, -0.1) is 0 Å². The standard InChI is InChI=1S/C21H15BrN2O5S/c1-28-21(25)18-8-7-15(22)12-19(18)29-16-11-14-9-10-24(20(14)23-13-16)30(26,27)17-5-3-2-4-6-17/h2-13H,1H3. The van der Waals surface area contributed by atoms with E-state index < -0.39 is 16.0 Å². The SMILES string of the molecule is COC(=O)c1ccc(Br)cc1Oc1cnc2c(ccn2S(=O)(=O)c2ccccc2)c1. The summed E-state index contributed by atoms with van der Waals surface area (Å²) < 4.78 is 38.3. The van der Waals surface area contributed by atoms with Crippen molar-refractivity contribution >= 4 is 43.0 Å². The first kappa shape index (κ1) is 20.1. The summed E-state index contributed by atoms with van der Waals surface area (Å²) in [5.74, 6) is 0.0981. The van der Waals surface area contributed by atoms with Crippen molar-refractivity contribution in [2.45, 2.75) is 4.90 Å². The number of esters is 1. The van der Waals surface area contributed by atoms with E-state index in [9.17, 15) is 13.2 Å². The van der Waals surface area contributed by atoms with Crippen molar-refractivity contribution in [3.8, 4) is 11.5 Å². The molecule has 152 valence electrons. The summed E-state index contributed by atoms with van der Waals surface area (Å²) in [5.41, 5.74) is 0.527. The van der Waals surface area contributed by atoms with Crippen molar-refractivity contribution in [3.63, 3.8) is 0 Å². The average Bonchev–Trinajstić information content (AvgIpc) is 3.18. The number of carbonyl (C=O) groups excluding carboxylic acids is 1. The molecule has 2 aromatic carbocycles. The van der Waals surface area contributed by atoms with Crippen LogP contribution in [-0.4, -0.2) is 30.5 Å². The van der Waals surface area contributed by atoms with Crippen molar-refractivity contribution in [3.05, 3.63) is 83.1 Å². The zero-order chi connectivity index (χ0) is 21.3. The summed E-state index contributed by atoms with van der Waals surface area (Å²) in [4.78, 5) is 16.4. The fraction of sp³-hybridized carbons (Fsp3) is 0.0476. The van der Waals surface area contributed by atoms with Gasteiger partial charge in [0.25, 0.3) is 10.0 Å². The molecular formula is C21H15BrN2O5S. The van der Waals surface area contributed by atoms with Crippen LogP contribution in [0.2, 0.25) is 0 Å². The molecule has 0 aliphatic heterocycles. The highest BCUT2D eigenvalue weighted by Crippen LogP contribution is 2.31. The average molecular weight is 487 g/mol. The summed E-state index contributed by atoms with van der Waals surface area (Å²) in [5, 5.41) is 0.571. The molecule has 4 rings (SSSR count). The van der Waals surface area contributed by atoms with E-state index in [4.69, 9.17) is 9.47 Å². The first-order valence-corrected chi connectivity index (χ1v) is 11.0. The van der Waals surface area contributed by atoms with Crippen LogP contribution in [0.25, 0.3) is 11.0 Å². The lowest BCUT2D eigenvalue weighted by atomic mass is 10.2. The first-order valence-electron chi connectivity index (χ1n) is 8.73. The van der Waals surface area contributed by atoms with E-state index in [1.807, 2.05) is 0 Å².